The van der Waals surface area contributed by atoms with Crippen molar-refractivity contribution in [2.24, 2.45) is 5.84 Å². The number of nitro benzene ring substituents is 1. The van der Waals surface area contributed by atoms with Gasteiger partial charge in [-0.3, -0.25) is 16.0 Å². The van der Waals surface area contributed by atoms with Gasteiger partial charge in [0.1, 0.15) is 11.4 Å². The first-order valence-corrected chi connectivity index (χ1v) is 5.75. The number of nitrogens with one attached hydrogen (secondary N) is 2. The van der Waals surface area contributed by atoms with Gasteiger partial charge >= 0.3 is 5.69 Å². The molecule has 0 aliphatic heterocycles. The predicted molar refractivity (Wildman–Crippen MR) is 71.9 cm³/mol. The summed E-state index contributed by atoms with van der Waals surface area (Å²) in [7, 11) is 1.50. The van der Waals surface area contributed by atoms with Crippen molar-refractivity contribution in [3.05, 3.63) is 28.3 Å². The SMILES string of the molecule is COCC(O)CCNc1cccc(NN)c1[N+](=O)[O-]. The van der Waals surface area contributed by atoms with E-state index in [2.05, 4.69) is 10.7 Å². The quantitative estimate of drug-likeness (QED) is 0.311. The Balaban J connectivity index is 2.70. The highest BCUT2D eigenvalue weighted by atomic mass is 16.6. The van der Waals surface area contributed by atoms with E-state index in [4.69, 9.17) is 10.6 Å². The van der Waals surface area contributed by atoms with Gasteiger partial charge < -0.3 is 20.6 Å². The molecule has 0 aliphatic rings. The Hall–Kier alpha value is -1.90. The van der Waals surface area contributed by atoms with Crippen molar-refractivity contribution >= 4 is 17.1 Å². The summed E-state index contributed by atoms with van der Waals surface area (Å²) in [6, 6.07) is 4.75. The standard InChI is InChI=1S/C11H18N4O4/c1-19-7-8(16)5-6-13-9-3-2-4-10(14-12)11(9)15(17)18/h2-4,8,13-14,16H,5-7,12H2,1H3. The lowest BCUT2D eigenvalue weighted by Crippen LogP contribution is -2.19. The van der Waals surface area contributed by atoms with E-state index in [1.807, 2.05) is 0 Å². The Kier molecular flexibility index (Phi) is 6.00. The van der Waals surface area contributed by atoms with Gasteiger partial charge in [-0.25, -0.2) is 0 Å². The van der Waals surface area contributed by atoms with E-state index < -0.39 is 11.0 Å². The minimum atomic E-state index is -0.604. The molecule has 8 nitrogen and oxygen atoms in total. The van der Waals surface area contributed by atoms with Gasteiger partial charge in [0.2, 0.25) is 0 Å². The highest BCUT2D eigenvalue weighted by Crippen LogP contribution is 2.31. The van der Waals surface area contributed by atoms with E-state index in [1.54, 1.807) is 12.1 Å². The monoisotopic (exact) mass is 270 g/mol. The molecule has 1 aromatic carbocycles. The Morgan fingerprint density at radius 2 is 2.21 bits per heavy atom. The van der Waals surface area contributed by atoms with E-state index in [0.29, 0.717) is 18.7 Å². The fraction of sp³-hybridized carbons (Fsp3) is 0.455. The van der Waals surface area contributed by atoms with E-state index >= 15 is 0 Å². The lowest BCUT2D eigenvalue weighted by Gasteiger charge is -2.12. The fourth-order valence-corrected chi connectivity index (χ4v) is 1.65. The minimum absolute atomic E-state index is 0.119. The first-order chi connectivity index (χ1) is 9.10. The third-order valence-corrected chi connectivity index (χ3v) is 2.53. The zero-order valence-electron chi connectivity index (χ0n) is 10.6. The molecule has 1 aromatic rings. The van der Waals surface area contributed by atoms with Gasteiger partial charge in [-0.1, -0.05) is 6.07 Å². The Bertz CT molecular complexity index is 427. The smallest absolute Gasteiger partial charge is 0.316 e. The summed E-state index contributed by atoms with van der Waals surface area (Å²) >= 11 is 0. The molecule has 8 heteroatoms. The maximum Gasteiger partial charge on any atom is 0.316 e. The number of nitrogen functional groups attached to an aromatic ring is 1. The van der Waals surface area contributed by atoms with Crippen molar-refractivity contribution in [1.29, 1.82) is 0 Å². The molecule has 0 aromatic heterocycles. The summed E-state index contributed by atoms with van der Waals surface area (Å²) in [5, 5.41) is 23.4. The van der Waals surface area contributed by atoms with E-state index in [1.165, 1.54) is 13.2 Å². The zero-order valence-corrected chi connectivity index (χ0v) is 10.6. The molecule has 1 atom stereocenters. The topological polar surface area (TPSA) is 123 Å². The lowest BCUT2D eigenvalue weighted by molar-refractivity contribution is -0.383. The Morgan fingerprint density at radius 3 is 2.79 bits per heavy atom. The minimum Gasteiger partial charge on any atom is -0.391 e. The molecule has 0 radical (unpaired) electrons. The number of methoxy groups -OCH3 is 1. The van der Waals surface area contributed by atoms with Crippen LogP contribution in [-0.2, 0) is 4.74 Å². The van der Waals surface area contributed by atoms with Crippen molar-refractivity contribution in [2.45, 2.75) is 12.5 Å². The number of aliphatic hydroxyl groups excluding tert-OH is 1. The molecule has 0 saturated carbocycles. The summed E-state index contributed by atoms with van der Waals surface area (Å²) < 4.78 is 4.79. The lowest BCUT2D eigenvalue weighted by atomic mass is 10.2. The number of aliphatic hydroxyl groups is 1. The van der Waals surface area contributed by atoms with Crippen LogP contribution in [0.1, 0.15) is 6.42 Å². The molecular formula is C11H18N4O4. The van der Waals surface area contributed by atoms with Gasteiger partial charge in [-0.2, -0.15) is 0 Å². The van der Waals surface area contributed by atoms with Crippen LogP contribution in [0.25, 0.3) is 0 Å². The van der Waals surface area contributed by atoms with Crippen molar-refractivity contribution in [3.8, 4) is 0 Å². The predicted octanol–water partition coefficient (Wildman–Crippen LogP) is 0.690. The number of anilines is 2. The van der Waals surface area contributed by atoms with Crippen LogP contribution in [0, 0.1) is 10.1 Å². The van der Waals surface area contributed by atoms with Crippen LogP contribution in [0.15, 0.2) is 18.2 Å². The highest BCUT2D eigenvalue weighted by Gasteiger charge is 2.18. The van der Waals surface area contributed by atoms with E-state index in [-0.39, 0.29) is 18.0 Å². The second-order valence-electron chi connectivity index (χ2n) is 3.93. The summed E-state index contributed by atoms with van der Waals surface area (Å²) in [4.78, 5) is 10.5. The van der Waals surface area contributed by atoms with Crippen LogP contribution < -0.4 is 16.6 Å². The van der Waals surface area contributed by atoms with Crippen LogP contribution in [0.2, 0.25) is 0 Å². The van der Waals surface area contributed by atoms with Gasteiger partial charge in [0.05, 0.1) is 17.6 Å². The second-order valence-corrected chi connectivity index (χ2v) is 3.93. The van der Waals surface area contributed by atoms with Crippen molar-refractivity contribution in [3.63, 3.8) is 0 Å². The number of rotatable bonds is 8. The normalized spacial score (nSPS) is 11.9. The van der Waals surface area contributed by atoms with Crippen molar-refractivity contribution in [2.75, 3.05) is 31.0 Å². The summed E-state index contributed by atoms with van der Waals surface area (Å²) in [6.45, 7) is 0.619. The van der Waals surface area contributed by atoms with Gasteiger partial charge in [-0.15, -0.1) is 0 Å². The molecule has 1 rings (SSSR count). The number of nitrogens with two attached hydrogens (primary N) is 1. The molecule has 0 heterocycles. The average molecular weight is 270 g/mol. The fourth-order valence-electron chi connectivity index (χ4n) is 1.65. The van der Waals surface area contributed by atoms with Crippen LogP contribution in [0.3, 0.4) is 0 Å². The number of hydrogen-bond acceptors (Lipinski definition) is 7. The van der Waals surface area contributed by atoms with Crippen LogP contribution in [0.5, 0.6) is 0 Å². The Morgan fingerprint density at radius 1 is 1.53 bits per heavy atom. The number of para-hydroxylation sites is 1. The molecule has 1 unspecified atom stereocenters. The zero-order chi connectivity index (χ0) is 14.3. The number of ether oxygens (including phenoxy) is 1. The van der Waals surface area contributed by atoms with Crippen LogP contribution in [0.4, 0.5) is 17.1 Å². The number of nitrogens with zero attached hydrogens (tertiary/aromatic N) is 1. The largest absolute Gasteiger partial charge is 0.391 e. The maximum absolute atomic E-state index is 11.0. The first kappa shape index (κ1) is 15.2. The van der Waals surface area contributed by atoms with Crippen molar-refractivity contribution in [1.82, 2.24) is 0 Å². The molecule has 19 heavy (non-hydrogen) atoms. The van der Waals surface area contributed by atoms with E-state index in [9.17, 15) is 15.2 Å². The van der Waals surface area contributed by atoms with Crippen LogP contribution >= 0.6 is 0 Å². The molecule has 0 aliphatic carbocycles. The molecule has 0 bridgehead atoms. The number of benzene rings is 1. The number of nitro groups is 1. The Labute approximate surface area is 110 Å². The number of hydrazine groups is 1. The average Bonchev–Trinajstić information content (AvgIpc) is 2.38. The molecule has 5 N–H and O–H groups in total. The van der Waals surface area contributed by atoms with Gasteiger partial charge in [0, 0.05) is 13.7 Å². The maximum atomic E-state index is 11.0. The van der Waals surface area contributed by atoms with Crippen LogP contribution in [-0.4, -0.2) is 36.4 Å². The van der Waals surface area contributed by atoms with Gasteiger partial charge in [-0.05, 0) is 18.6 Å². The van der Waals surface area contributed by atoms with Gasteiger partial charge in [0.25, 0.3) is 0 Å². The summed E-state index contributed by atoms with van der Waals surface area (Å²) in [6.07, 6.45) is -0.182. The van der Waals surface area contributed by atoms with Crippen molar-refractivity contribution < 1.29 is 14.8 Å². The summed E-state index contributed by atoms with van der Waals surface area (Å²) in [5.74, 6) is 5.24. The molecule has 0 fully saturated rings. The van der Waals surface area contributed by atoms with E-state index in [0.717, 1.165) is 0 Å². The molecule has 0 saturated heterocycles. The third kappa shape index (κ3) is 4.36. The first-order valence-electron chi connectivity index (χ1n) is 5.75. The molecule has 106 valence electrons. The van der Waals surface area contributed by atoms with Gasteiger partial charge in [0.15, 0.2) is 0 Å². The highest BCUT2D eigenvalue weighted by molar-refractivity contribution is 5.75. The number of hydrogen-bond donors (Lipinski definition) is 4. The molecule has 0 spiro atoms. The molecule has 0 amide bonds. The second kappa shape index (κ2) is 7.52. The third-order valence-electron chi connectivity index (χ3n) is 2.53. The molecular weight excluding hydrogens is 252 g/mol. The summed E-state index contributed by atoms with van der Waals surface area (Å²) in [5.41, 5.74) is 2.75.